The van der Waals surface area contributed by atoms with Crippen LogP contribution >= 0.6 is 0 Å². The van der Waals surface area contributed by atoms with Gasteiger partial charge in [-0.15, -0.1) is 0 Å². The molecule has 0 atom stereocenters. The summed E-state index contributed by atoms with van der Waals surface area (Å²) < 4.78 is 4.02. The van der Waals surface area contributed by atoms with Gasteiger partial charge in [0.25, 0.3) is 0 Å². The van der Waals surface area contributed by atoms with Crippen LogP contribution in [0.1, 0.15) is 85.0 Å². The van der Waals surface area contributed by atoms with E-state index in [1.54, 1.807) is 17.6 Å². The average molecular weight is 788 g/mol. The summed E-state index contributed by atoms with van der Waals surface area (Å²) >= 11 is -2.54. The van der Waals surface area contributed by atoms with Gasteiger partial charge < -0.3 is 34.0 Å². The van der Waals surface area contributed by atoms with Crippen LogP contribution in [0.2, 0.25) is 0 Å². The summed E-state index contributed by atoms with van der Waals surface area (Å²) in [7, 11) is 0. The SMILES string of the molecule is CC(C)(C)c1ccc2c(c1)[CH]([Zr+2]([C]1=CC=CC1)=[C](Cc1ccccc1)Cc1ccccc1)c1cc(C(C)(C)C)ccc1-2.[Br-].[Br-]. The predicted octanol–water partition coefficient (Wildman–Crippen LogP) is 4.48. The second-order valence-electron chi connectivity index (χ2n) is 14.2. The van der Waals surface area contributed by atoms with E-state index in [1.807, 2.05) is 0 Å². The Morgan fingerprint density at radius 2 is 1.09 bits per heavy atom. The summed E-state index contributed by atoms with van der Waals surface area (Å²) in [5.74, 6) is 0. The standard InChI is InChI=1S/C21H25.C15H14.C5H5.2BrH.Zr/c1-20(2,3)16-7-9-18-14(12-16)11-15-13-17(21(4,5)6)8-10-19(15)18;1-3-8-14(9-4-1)12-7-13-15-10-5-2-6-11-15;1-2-4-5-3-1;;;/h7-13H,1-6H3;1-6,8-11H,12-13H2;1-3H,4H2;2*1H;/q;;;;;+2/p-2. The fraction of sp³-hybridized carbons (Fsp3) is 0.293. The molecule has 0 saturated heterocycles. The van der Waals surface area contributed by atoms with E-state index in [0.29, 0.717) is 3.63 Å². The van der Waals surface area contributed by atoms with E-state index in [4.69, 9.17) is 0 Å². The van der Waals surface area contributed by atoms with Crippen LogP contribution in [0, 0.1) is 0 Å². The Bertz CT molecular complexity index is 1590. The molecule has 0 bridgehead atoms. The van der Waals surface area contributed by atoms with Gasteiger partial charge in [0.1, 0.15) is 0 Å². The quantitative estimate of drug-likeness (QED) is 0.271. The monoisotopic (exact) mass is 784 g/mol. The van der Waals surface area contributed by atoms with Gasteiger partial charge in [0.15, 0.2) is 0 Å². The molecule has 2 aliphatic rings. The third kappa shape index (κ3) is 7.38. The van der Waals surface area contributed by atoms with Gasteiger partial charge in [-0.1, -0.05) is 0 Å². The second-order valence-corrected chi connectivity index (χ2v) is 21.0. The molecule has 44 heavy (non-hydrogen) atoms. The Kier molecular flexibility index (Phi) is 11.3. The van der Waals surface area contributed by atoms with Crippen LogP contribution in [0.4, 0.5) is 0 Å². The molecule has 0 radical (unpaired) electrons. The molecule has 0 amide bonds. The third-order valence-electron chi connectivity index (χ3n) is 9.05. The molecule has 0 unspecified atom stereocenters. The van der Waals surface area contributed by atoms with E-state index in [2.05, 4.69) is 157 Å². The van der Waals surface area contributed by atoms with Crippen LogP contribution in [0.3, 0.4) is 0 Å². The van der Waals surface area contributed by atoms with Crippen molar-refractivity contribution in [3.05, 3.63) is 152 Å². The van der Waals surface area contributed by atoms with Crippen LogP contribution < -0.4 is 34.0 Å². The number of hydrogen-bond donors (Lipinski definition) is 0. The van der Waals surface area contributed by atoms with Crippen LogP contribution in [0.15, 0.2) is 119 Å². The molecule has 6 rings (SSSR count). The van der Waals surface area contributed by atoms with Crippen molar-refractivity contribution in [3.63, 3.8) is 0 Å². The van der Waals surface area contributed by atoms with Crippen molar-refractivity contribution < 1.29 is 55.2 Å². The van der Waals surface area contributed by atoms with Crippen molar-refractivity contribution in [2.75, 3.05) is 0 Å². The van der Waals surface area contributed by atoms with Crippen LogP contribution in [-0.2, 0) is 44.9 Å². The average Bonchev–Trinajstić information content (AvgIpc) is 3.60. The maximum atomic E-state index is 2.60. The summed E-state index contributed by atoms with van der Waals surface area (Å²) in [6.07, 6.45) is 10.5. The van der Waals surface area contributed by atoms with Crippen molar-refractivity contribution in [1.29, 1.82) is 0 Å². The number of rotatable bonds is 6. The van der Waals surface area contributed by atoms with E-state index in [9.17, 15) is 0 Å². The molecule has 0 saturated carbocycles. The molecule has 3 heteroatoms. The minimum atomic E-state index is -2.54. The minimum Gasteiger partial charge on any atom is -1.00 e. The molecule has 4 aromatic rings. The molecule has 0 aromatic heterocycles. The number of allylic oxidation sites excluding steroid dienone is 4. The number of halogens is 2. The summed E-state index contributed by atoms with van der Waals surface area (Å²) in [5, 5.41) is 0. The van der Waals surface area contributed by atoms with Crippen molar-refractivity contribution in [2.24, 2.45) is 0 Å². The smallest absolute Gasteiger partial charge is 1.00 e. The Labute approximate surface area is 294 Å². The topological polar surface area (TPSA) is 0 Å². The van der Waals surface area contributed by atoms with E-state index in [1.165, 1.54) is 33.4 Å². The van der Waals surface area contributed by atoms with Gasteiger partial charge in [0, 0.05) is 0 Å². The summed E-state index contributed by atoms with van der Waals surface area (Å²) in [6.45, 7) is 14.1. The van der Waals surface area contributed by atoms with Crippen molar-refractivity contribution in [2.45, 2.75) is 75.3 Å². The van der Waals surface area contributed by atoms with Gasteiger partial charge in [-0.25, -0.2) is 0 Å². The van der Waals surface area contributed by atoms with Gasteiger partial charge in [0.2, 0.25) is 0 Å². The molecule has 0 aliphatic heterocycles. The zero-order valence-electron chi connectivity index (χ0n) is 26.9. The fourth-order valence-electron chi connectivity index (χ4n) is 6.71. The van der Waals surface area contributed by atoms with Gasteiger partial charge in [0.05, 0.1) is 0 Å². The second kappa shape index (κ2) is 14.2. The van der Waals surface area contributed by atoms with E-state index >= 15 is 0 Å². The van der Waals surface area contributed by atoms with Crippen molar-refractivity contribution in [3.8, 4) is 11.1 Å². The summed E-state index contributed by atoms with van der Waals surface area (Å²) in [6, 6.07) is 37.3. The van der Waals surface area contributed by atoms with Crippen LogP contribution in [0.5, 0.6) is 0 Å². The first kappa shape index (κ1) is 34.9. The van der Waals surface area contributed by atoms with Crippen LogP contribution in [0.25, 0.3) is 11.1 Å². The molecule has 0 nitrogen and oxygen atoms in total. The largest absolute Gasteiger partial charge is 1.00 e. The number of fused-ring (bicyclic) bond motifs is 3. The van der Waals surface area contributed by atoms with E-state index in [0.717, 1.165) is 19.3 Å². The number of benzene rings is 4. The molecule has 0 fully saturated rings. The third-order valence-corrected chi connectivity index (χ3v) is 17.4. The van der Waals surface area contributed by atoms with Gasteiger partial charge >= 0.3 is 263 Å². The maximum absolute atomic E-state index is 2.60. The van der Waals surface area contributed by atoms with Crippen molar-refractivity contribution >= 4 is 3.21 Å². The van der Waals surface area contributed by atoms with Gasteiger partial charge in [-0.2, -0.15) is 0 Å². The summed E-state index contributed by atoms with van der Waals surface area (Å²) in [4.78, 5) is 0. The van der Waals surface area contributed by atoms with Gasteiger partial charge in [-0.3, -0.25) is 0 Å². The Balaban J connectivity index is 0.00000221. The van der Waals surface area contributed by atoms with Gasteiger partial charge in [-0.05, 0) is 0 Å². The first-order valence-corrected chi connectivity index (χ1v) is 19.4. The zero-order valence-corrected chi connectivity index (χ0v) is 32.6. The maximum Gasteiger partial charge on any atom is -1.00 e. The molecule has 0 heterocycles. The minimum absolute atomic E-state index is 0. The molecule has 2 aliphatic carbocycles. The van der Waals surface area contributed by atoms with E-state index in [-0.39, 0.29) is 44.8 Å². The Hall–Kier alpha value is -1.93. The normalized spacial score (nSPS) is 13.6. The first-order valence-electron chi connectivity index (χ1n) is 15.5. The first-order chi connectivity index (χ1) is 20.1. The molecular weight excluding hydrogens is 743 g/mol. The summed E-state index contributed by atoms with van der Waals surface area (Å²) in [5.41, 5.74) is 12.1. The molecule has 0 spiro atoms. The molecule has 0 N–H and O–H groups in total. The Morgan fingerprint density at radius 3 is 1.48 bits per heavy atom. The zero-order chi connectivity index (χ0) is 29.5. The fourth-order valence-corrected chi connectivity index (χ4v) is 15.9. The molecule has 4 aromatic carbocycles. The van der Waals surface area contributed by atoms with Crippen LogP contribution in [-0.4, -0.2) is 3.21 Å². The Morgan fingerprint density at radius 1 is 0.636 bits per heavy atom. The number of hydrogen-bond acceptors (Lipinski definition) is 0. The predicted molar refractivity (Wildman–Crippen MR) is 178 cm³/mol. The van der Waals surface area contributed by atoms with Crippen molar-refractivity contribution in [1.82, 2.24) is 0 Å². The van der Waals surface area contributed by atoms with E-state index < -0.39 is 21.3 Å². The molecular formula is C41H44Br2Zr. The molecule has 226 valence electrons.